The Kier molecular flexibility index (Phi) is 5.50. The first-order valence-corrected chi connectivity index (χ1v) is 13.7. The molecule has 41 heavy (non-hydrogen) atoms. The zero-order valence-corrected chi connectivity index (χ0v) is 22.4. The van der Waals surface area contributed by atoms with Gasteiger partial charge in [0.15, 0.2) is 0 Å². The highest BCUT2D eigenvalue weighted by Crippen LogP contribution is 2.38. The number of fused-ring (bicyclic) bond motifs is 1. The van der Waals surface area contributed by atoms with Crippen LogP contribution in [0.5, 0.6) is 0 Å². The lowest BCUT2D eigenvalue weighted by molar-refractivity contribution is 1.28. The van der Waals surface area contributed by atoms with Gasteiger partial charge >= 0.3 is 0 Å². The topological polar surface area (TPSA) is 3.24 Å². The highest BCUT2D eigenvalue weighted by atomic mass is 15.1. The Morgan fingerprint density at radius 2 is 0.854 bits per heavy atom. The van der Waals surface area contributed by atoms with Crippen LogP contribution < -0.4 is 4.90 Å². The van der Waals surface area contributed by atoms with Crippen LogP contribution >= 0.6 is 0 Å². The molecule has 7 aromatic rings. The van der Waals surface area contributed by atoms with E-state index >= 15 is 0 Å². The molecule has 0 spiro atoms. The third kappa shape index (κ3) is 5.14. The predicted molar refractivity (Wildman–Crippen MR) is 175 cm³/mol. The Morgan fingerprint density at radius 3 is 1.56 bits per heavy atom. The lowest BCUT2D eigenvalue weighted by atomic mass is 10.00. The second kappa shape index (κ2) is 11.0. The second-order valence-corrected chi connectivity index (χ2v) is 9.95. The van der Waals surface area contributed by atoms with E-state index < -0.39 is 0 Å². The highest BCUT2D eigenvalue weighted by Gasteiger charge is 2.14. The minimum absolute atomic E-state index is 0.0752. The van der Waals surface area contributed by atoms with Gasteiger partial charge in [0.1, 0.15) is 0 Å². The maximum Gasteiger partial charge on any atom is 0.0645 e. The zero-order chi connectivity index (χ0) is 30.9. The normalized spacial score (nSPS) is 12.3. The standard InChI is InChI=1S/C40H29N/c1-3-10-30(11-4-1)33-20-24-38(25-21-33)41(39-26-22-34(23-27-39)31-12-5-2-6-13-31)40-17-9-16-36(29-40)37-19-18-32-14-7-8-15-35(32)28-37/h1-29H/i20D,21D,24D,25D. The van der Waals surface area contributed by atoms with E-state index in [-0.39, 0.29) is 29.9 Å². The summed E-state index contributed by atoms with van der Waals surface area (Å²) in [6.07, 6.45) is 0. The molecule has 1 nitrogen and oxygen atoms in total. The average Bonchev–Trinajstić information content (AvgIpc) is 3.10. The monoisotopic (exact) mass is 527 g/mol. The maximum absolute atomic E-state index is 9.20. The van der Waals surface area contributed by atoms with Gasteiger partial charge in [-0.1, -0.05) is 133 Å². The molecule has 0 fully saturated rings. The molecule has 0 heterocycles. The minimum Gasteiger partial charge on any atom is -0.310 e. The molecular formula is C40H29N. The van der Waals surface area contributed by atoms with Crippen LogP contribution in [0.1, 0.15) is 5.48 Å². The van der Waals surface area contributed by atoms with Gasteiger partial charge in [0.25, 0.3) is 0 Å². The molecule has 0 saturated carbocycles. The van der Waals surface area contributed by atoms with E-state index in [9.17, 15) is 2.74 Å². The summed E-state index contributed by atoms with van der Waals surface area (Å²) in [5.41, 5.74) is 6.78. The van der Waals surface area contributed by atoms with Crippen molar-refractivity contribution in [1.82, 2.24) is 0 Å². The summed E-state index contributed by atoms with van der Waals surface area (Å²) in [4.78, 5) is 1.84. The average molecular weight is 528 g/mol. The Bertz CT molecular complexity index is 2110. The van der Waals surface area contributed by atoms with Crippen molar-refractivity contribution in [1.29, 1.82) is 0 Å². The molecule has 0 aliphatic carbocycles. The van der Waals surface area contributed by atoms with E-state index in [1.54, 1.807) is 0 Å². The summed E-state index contributed by atoms with van der Waals surface area (Å²) in [5.74, 6) is 0. The highest BCUT2D eigenvalue weighted by molar-refractivity contribution is 5.88. The Morgan fingerprint density at radius 1 is 0.317 bits per heavy atom. The summed E-state index contributed by atoms with van der Waals surface area (Å²) in [6, 6.07) is 49.6. The molecule has 7 rings (SSSR count). The number of benzene rings is 7. The number of hydrogen-bond donors (Lipinski definition) is 0. The largest absolute Gasteiger partial charge is 0.310 e. The van der Waals surface area contributed by atoms with E-state index in [4.69, 9.17) is 2.74 Å². The first kappa shape index (κ1) is 20.5. The van der Waals surface area contributed by atoms with Gasteiger partial charge in [-0.25, -0.2) is 0 Å². The van der Waals surface area contributed by atoms with Gasteiger partial charge in [-0.05, 0) is 86.6 Å². The number of nitrogens with zero attached hydrogens (tertiary/aromatic N) is 1. The molecule has 0 aromatic heterocycles. The fraction of sp³-hybridized carbons (Fsp3) is 0. The van der Waals surface area contributed by atoms with Crippen LogP contribution in [0, 0.1) is 0 Å². The second-order valence-electron chi connectivity index (χ2n) is 9.95. The zero-order valence-electron chi connectivity index (χ0n) is 26.4. The third-order valence-electron chi connectivity index (χ3n) is 7.32. The molecule has 0 unspecified atom stereocenters. The van der Waals surface area contributed by atoms with Crippen LogP contribution in [-0.2, 0) is 0 Å². The fourth-order valence-corrected chi connectivity index (χ4v) is 5.20. The van der Waals surface area contributed by atoms with Crippen LogP contribution in [0.25, 0.3) is 44.2 Å². The van der Waals surface area contributed by atoms with Gasteiger partial charge in [0, 0.05) is 17.1 Å². The summed E-state index contributed by atoms with van der Waals surface area (Å²) in [6.45, 7) is 0. The molecule has 0 bridgehead atoms. The Balaban J connectivity index is 1.41. The van der Waals surface area contributed by atoms with E-state index in [1.807, 2.05) is 108 Å². The van der Waals surface area contributed by atoms with Gasteiger partial charge in [0.2, 0.25) is 0 Å². The molecule has 0 radical (unpaired) electrons. The number of rotatable bonds is 6. The third-order valence-corrected chi connectivity index (χ3v) is 7.32. The minimum atomic E-state index is -0.0990. The molecule has 194 valence electrons. The van der Waals surface area contributed by atoms with E-state index in [1.165, 1.54) is 5.39 Å². The molecule has 0 aliphatic rings. The summed E-state index contributed by atoms with van der Waals surface area (Å²) < 4.78 is 36.4. The van der Waals surface area contributed by atoms with Crippen molar-refractivity contribution >= 4 is 27.8 Å². The first-order valence-electron chi connectivity index (χ1n) is 15.7. The van der Waals surface area contributed by atoms with Crippen LogP contribution in [0.2, 0.25) is 0 Å². The number of hydrogen-bond acceptors (Lipinski definition) is 1. The first-order chi connectivity index (χ1) is 22.0. The molecule has 0 amide bonds. The van der Waals surface area contributed by atoms with Crippen LogP contribution in [0.4, 0.5) is 17.1 Å². The number of anilines is 3. The molecular weight excluding hydrogens is 494 g/mol. The van der Waals surface area contributed by atoms with Gasteiger partial charge in [-0.15, -0.1) is 0 Å². The van der Waals surface area contributed by atoms with Crippen molar-refractivity contribution in [2.45, 2.75) is 0 Å². The van der Waals surface area contributed by atoms with Crippen molar-refractivity contribution < 1.29 is 5.48 Å². The quantitative estimate of drug-likeness (QED) is 0.208. The van der Waals surface area contributed by atoms with Crippen LogP contribution in [0.3, 0.4) is 0 Å². The fourth-order valence-electron chi connectivity index (χ4n) is 5.20. The van der Waals surface area contributed by atoms with Gasteiger partial charge in [-0.3, -0.25) is 0 Å². The van der Waals surface area contributed by atoms with Crippen molar-refractivity contribution in [3.63, 3.8) is 0 Å². The van der Waals surface area contributed by atoms with Crippen molar-refractivity contribution in [2.24, 2.45) is 0 Å². The van der Waals surface area contributed by atoms with Gasteiger partial charge in [-0.2, -0.15) is 0 Å². The van der Waals surface area contributed by atoms with Crippen LogP contribution in [0.15, 0.2) is 176 Å². The summed E-state index contributed by atoms with van der Waals surface area (Å²) in [7, 11) is 0. The van der Waals surface area contributed by atoms with E-state index in [2.05, 4.69) is 48.5 Å². The van der Waals surface area contributed by atoms with E-state index in [0.717, 1.165) is 39.0 Å². The molecule has 0 N–H and O–H groups in total. The summed E-state index contributed by atoms with van der Waals surface area (Å²) >= 11 is 0. The molecule has 0 saturated heterocycles. The van der Waals surface area contributed by atoms with Crippen molar-refractivity contribution in [2.75, 3.05) is 4.90 Å². The Hall–Kier alpha value is -5.40. The predicted octanol–water partition coefficient (Wildman–Crippen LogP) is 11.3. The smallest absolute Gasteiger partial charge is 0.0645 e. The summed E-state index contributed by atoms with van der Waals surface area (Å²) in [5, 5.41) is 2.31. The van der Waals surface area contributed by atoms with Crippen molar-refractivity contribution in [3.8, 4) is 33.4 Å². The molecule has 7 aromatic carbocycles. The van der Waals surface area contributed by atoms with Gasteiger partial charge in [0.05, 0.1) is 5.48 Å². The van der Waals surface area contributed by atoms with Crippen LogP contribution in [-0.4, -0.2) is 0 Å². The SMILES string of the molecule is [2H]c1c([2H])c(N(c2ccc(-c3ccccc3)cc2)c2cccc(-c3ccc4ccccc4c3)c2)c([2H])c([2H])c1-c1ccccc1. The lowest BCUT2D eigenvalue weighted by Crippen LogP contribution is -2.10. The molecule has 0 aliphatic heterocycles. The molecule has 1 heteroatoms. The lowest BCUT2D eigenvalue weighted by Gasteiger charge is -2.26. The maximum atomic E-state index is 9.20. The Labute approximate surface area is 247 Å². The van der Waals surface area contributed by atoms with E-state index in [0.29, 0.717) is 11.1 Å². The molecule has 0 atom stereocenters. The van der Waals surface area contributed by atoms with Crippen molar-refractivity contribution in [3.05, 3.63) is 176 Å². The van der Waals surface area contributed by atoms with Gasteiger partial charge < -0.3 is 4.90 Å².